The van der Waals surface area contributed by atoms with E-state index < -0.39 is 5.54 Å². The van der Waals surface area contributed by atoms with Gasteiger partial charge in [0.1, 0.15) is 15.8 Å². The summed E-state index contributed by atoms with van der Waals surface area (Å²) in [6, 6.07) is 35.2. The van der Waals surface area contributed by atoms with Crippen LogP contribution in [-0.2, 0) is 5.54 Å². The first kappa shape index (κ1) is 28.0. The number of benzene rings is 2. The second-order valence-corrected chi connectivity index (χ2v) is 10.5. The van der Waals surface area contributed by atoms with Crippen LogP contribution in [0.25, 0.3) is 11.4 Å². The molecule has 0 fully saturated rings. The van der Waals surface area contributed by atoms with E-state index in [1.807, 2.05) is 55.5 Å². The van der Waals surface area contributed by atoms with Crippen LogP contribution in [0.2, 0.25) is 0 Å². The molecule has 0 amide bonds. The smallest absolute Gasteiger partial charge is 0.134 e. The maximum absolute atomic E-state index is 5.22. The Kier molecular flexibility index (Phi) is 9.00. The molecule has 1 aliphatic rings. The molecule has 5 heteroatoms. The van der Waals surface area contributed by atoms with Gasteiger partial charge in [-0.3, -0.25) is 4.98 Å². The fraction of sp³-hybridized carbons (Fsp3) is 0.111. The number of aromatic nitrogens is 4. The minimum atomic E-state index is -0.630. The molecule has 0 spiro atoms. The quantitative estimate of drug-likeness (QED) is 0.150. The predicted octanol–water partition coefficient (Wildman–Crippen LogP) is 8.80. The molecule has 1 aliphatic carbocycles. The lowest BCUT2D eigenvalue weighted by molar-refractivity contribution is 0.435. The first-order valence-electron chi connectivity index (χ1n) is 13.5. The molecule has 4 nitrogen and oxygen atoms in total. The summed E-state index contributed by atoms with van der Waals surface area (Å²) in [4.78, 5) is 8.64. The van der Waals surface area contributed by atoms with Crippen LogP contribution in [0.3, 0.4) is 0 Å². The van der Waals surface area contributed by atoms with Crippen LogP contribution in [0.5, 0.6) is 0 Å². The summed E-state index contributed by atoms with van der Waals surface area (Å²) in [5, 5.41) is 5.22. The van der Waals surface area contributed by atoms with Gasteiger partial charge in [-0.1, -0.05) is 91.0 Å². The first-order chi connectivity index (χ1) is 20.1. The van der Waals surface area contributed by atoms with Gasteiger partial charge in [0.15, 0.2) is 0 Å². The Hall–Kier alpha value is -4.57. The van der Waals surface area contributed by atoms with Gasteiger partial charge in [0.2, 0.25) is 0 Å². The number of hydrogen-bond acceptors (Lipinski definition) is 3. The van der Waals surface area contributed by atoms with E-state index in [0.29, 0.717) is 0 Å². The Balaban J connectivity index is 0.000000423. The SMILES string of the molecule is Brc1ccccn1.Cc1cccc(-c2cc(C)n(C(/C3=C/C=C=C/C=C\C3)(c3ccccc3)c3ccccc3)n2)n1. The molecule has 202 valence electrons. The molecule has 0 saturated heterocycles. The fourth-order valence-electron chi connectivity index (χ4n) is 5.10. The molecule has 3 aromatic heterocycles. The van der Waals surface area contributed by atoms with E-state index in [-0.39, 0.29) is 0 Å². The normalized spacial score (nSPS) is 14.7. The third kappa shape index (κ3) is 6.28. The summed E-state index contributed by atoms with van der Waals surface area (Å²) in [6.07, 6.45) is 12.9. The first-order valence-corrected chi connectivity index (χ1v) is 14.3. The molecule has 41 heavy (non-hydrogen) atoms. The summed E-state index contributed by atoms with van der Waals surface area (Å²) in [5.41, 5.74) is 9.95. The average molecular weight is 600 g/mol. The minimum Gasteiger partial charge on any atom is -0.251 e. The van der Waals surface area contributed by atoms with Crippen molar-refractivity contribution in [3.8, 4) is 11.4 Å². The Morgan fingerprint density at radius 2 is 1.49 bits per heavy atom. The van der Waals surface area contributed by atoms with E-state index in [4.69, 9.17) is 10.1 Å². The molecule has 3 heterocycles. The summed E-state index contributed by atoms with van der Waals surface area (Å²) in [6.45, 7) is 4.14. The van der Waals surface area contributed by atoms with Gasteiger partial charge in [0.25, 0.3) is 0 Å². The molecule has 6 rings (SSSR count). The van der Waals surface area contributed by atoms with E-state index in [1.54, 1.807) is 6.20 Å². The maximum Gasteiger partial charge on any atom is 0.134 e. The number of nitrogens with zero attached hydrogens (tertiary/aromatic N) is 4. The molecular formula is C36H31BrN4. The molecule has 0 bridgehead atoms. The molecule has 0 aliphatic heterocycles. The average Bonchev–Trinajstić information content (AvgIpc) is 3.38. The van der Waals surface area contributed by atoms with E-state index in [2.05, 4.69) is 123 Å². The van der Waals surface area contributed by atoms with E-state index in [9.17, 15) is 0 Å². The van der Waals surface area contributed by atoms with Gasteiger partial charge in [-0.05, 0) is 95.4 Å². The zero-order valence-electron chi connectivity index (χ0n) is 23.2. The molecule has 0 radical (unpaired) electrons. The number of hydrogen-bond donors (Lipinski definition) is 0. The number of halogens is 1. The Morgan fingerprint density at radius 3 is 2.10 bits per heavy atom. The van der Waals surface area contributed by atoms with Crippen molar-refractivity contribution >= 4 is 15.9 Å². The molecule has 0 saturated carbocycles. The van der Waals surface area contributed by atoms with Crippen LogP contribution in [0.4, 0.5) is 0 Å². The Bertz CT molecular complexity index is 1670. The highest BCUT2D eigenvalue weighted by molar-refractivity contribution is 9.10. The Labute approximate surface area is 250 Å². The lowest BCUT2D eigenvalue weighted by Crippen LogP contribution is -2.40. The van der Waals surface area contributed by atoms with E-state index in [0.717, 1.165) is 44.9 Å². The minimum absolute atomic E-state index is 0.630. The van der Waals surface area contributed by atoms with E-state index >= 15 is 0 Å². The number of pyridine rings is 2. The monoisotopic (exact) mass is 598 g/mol. The number of aryl methyl sites for hydroxylation is 2. The highest BCUT2D eigenvalue weighted by Crippen LogP contribution is 2.43. The number of rotatable bonds is 5. The third-order valence-corrected chi connectivity index (χ3v) is 7.35. The van der Waals surface area contributed by atoms with Crippen molar-refractivity contribution in [2.75, 3.05) is 0 Å². The number of allylic oxidation sites excluding steroid dienone is 5. The van der Waals surface area contributed by atoms with Crippen LogP contribution in [0.1, 0.15) is 28.9 Å². The van der Waals surface area contributed by atoms with Crippen molar-refractivity contribution in [2.45, 2.75) is 25.8 Å². The van der Waals surface area contributed by atoms with Crippen LogP contribution >= 0.6 is 15.9 Å². The van der Waals surface area contributed by atoms with Crippen LogP contribution in [-0.4, -0.2) is 19.7 Å². The maximum atomic E-state index is 5.22. The summed E-state index contributed by atoms with van der Waals surface area (Å²) < 4.78 is 3.06. The van der Waals surface area contributed by atoms with Crippen molar-refractivity contribution in [1.29, 1.82) is 0 Å². The van der Waals surface area contributed by atoms with Gasteiger partial charge in [-0.2, -0.15) is 5.10 Å². The summed E-state index contributed by atoms with van der Waals surface area (Å²) in [7, 11) is 0. The zero-order valence-corrected chi connectivity index (χ0v) is 24.7. The highest BCUT2D eigenvalue weighted by atomic mass is 79.9. The lowest BCUT2D eigenvalue weighted by atomic mass is 9.75. The van der Waals surface area contributed by atoms with Crippen molar-refractivity contribution in [3.63, 3.8) is 0 Å². The van der Waals surface area contributed by atoms with Crippen molar-refractivity contribution in [2.24, 2.45) is 0 Å². The lowest BCUT2D eigenvalue weighted by Gasteiger charge is -2.39. The Morgan fingerprint density at radius 1 is 0.780 bits per heavy atom. The molecule has 0 atom stereocenters. The molecule has 0 unspecified atom stereocenters. The van der Waals surface area contributed by atoms with Crippen LogP contribution < -0.4 is 0 Å². The van der Waals surface area contributed by atoms with Gasteiger partial charge in [0, 0.05) is 17.6 Å². The highest BCUT2D eigenvalue weighted by Gasteiger charge is 2.41. The van der Waals surface area contributed by atoms with Crippen molar-refractivity contribution in [3.05, 3.63) is 178 Å². The molecule has 2 aromatic carbocycles. The van der Waals surface area contributed by atoms with Crippen molar-refractivity contribution in [1.82, 2.24) is 19.7 Å². The van der Waals surface area contributed by atoms with Crippen LogP contribution in [0.15, 0.2) is 156 Å². The predicted molar refractivity (Wildman–Crippen MR) is 170 cm³/mol. The molecule has 0 N–H and O–H groups in total. The van der Waals surface area contributed by atoms with Gasteiger partial charge >= 0.3 is 0 Å². The second-order valence-electron chi connectivity index (χ2n) is 9.67. The van der Waals surface area contributed by atoms with Crippen molar-refractivity contribution < 1.29 is 0 Å². The largest absolute Gasteiger partial charge is 0.251 e. The molecular weight excluding hydrogens is 568 g/mol. The van der Waals surface area contributed by atoms with Gasteiger partial charge in [-0.15, -0.1) is 5.73 Å². The summed E-state index contributed by atoms with van der Waals surface area (Å²) in [5.74, 6) is 0. The van der Waals surface area contributed by atoms with E-state index in [1.165, 1.54) is 5.57 Å². The van der Waals surface area contributed by atoms with Gasteiger partial charge < -0.3 is 0 Å². The standard InChI is InChI=1S/C31H27N3.C5H4BrN/c1-24-15-14-22-29(32-24)30-23-25(2)34(33-30)31(27-18-10-6-11-19-27,28-20-12-7-13-21-28)26-16-8-4-3-5-9-17-26;6-5-3-1-2-4-7-5/h3-4,6-15,17-23H,16H2,1-2H3;1-4H/b8-4-,26-17+;. The molecule has 5 aromatic rings. The van der Waals surface area contributed by atoms with Crippen LogP contribution in [0, 0.1) is 13.8 Å². The third-order valence-electron chi connectivity index (χ3n) is 6.88. The van der Waals surface area contributed by atoms with Gasteiger partial charge in [0.05, 0.1) is 5.69 Å². The zero-order chi connectivity index (χ0) is 28.5. The second kappa shape index (κ2) is 13.2. The topological polar surface area (TPSA) is 43.6 Å². The fourth-order valence-corrected chi connectivity index (χ4v) is 5.37. The van der Waals surface area contributed by atoms with Gasteiger partial charge in [-0.25, -0.2) is 9.67 Å². The summed E-state index contributed by atoms with van der Waals surface area (Å²) >= 11 is 3.20.